The molecule has 23 heavy (non-hydrogen) atoms. The van der Waals surface area contributed by atoms with Gasteiger partial charge in [0.05, 0.1) is 12.7 Å². The molecule has 3 atom stereocenters. The van der Waals surface area contributed by atoms with Crippen molar-refractivity contribution in [3.8, 4) is 5.75 Å². The summed E-state index contributed by atoms with van der Waals surface area (Å²) in [6.07, 6.45) is 5.45. The normalized spacial score (nSPS) is 25.2. The van der Waals surface area contributed by atoms with Crippen LogP contribution in [0.25, 0.3) is 0 Å². The van der Waals surface area contributed by atoms with Crippen molar-refractivity contribution in [3.63, 3.8) is 0 Å². The first-order valence-corrected chi connectivity index (χ1v) is 8.37. The molecule has 5 nitrogen and oxygen atoms in total. The molecule has 0 radical (unpaired) electrons. The number of carbonyl (C=O) groups excluding carboxylic acids is 2. The monoisotopic (exact) mass is 336 g/mol. The van der Waals surface area contributed by atoms with Crippen LogP contribution in [0.15, 0.2) is 18.2 Å². The number of fused-ring (bicyclic) bond motifs is 2. The van der Waals surface area contributed by atoms with E-state index in [1.54, 1.807) is 12.1 Å². The Hall–Kier alpha value is -1.75. The molecular formula is C17H21ClN2O3. The van der Waals surface area contributed by atoms with Gasteiger partial charge in [-0.25, -0.2) is 0 Å². The van der Waals surface area contributed by atoms with Crippen LogP contribution in [0.2, 0.25) is 5.02 Å². The summed E-state index contributed by atoms with van der Waals surface area (Å²) in [6.45, 7) is 0. The first-order chi connectivity index (χ1) is 11.1. The molecule has 2 fully saturated rings. The zero-order valence-electron chi connectivity index (χ0n) is 13.1. The van der Waals surface area contributed by atoms with Crippen molar-refractivity contribution in [3.05, 3.63) is 28.8 Å². The third-order valence-corrected chi connectivity index (χ3v) is 5.29. The maximum atomic E-state index is 12.2. The van der Waals surface area contributed by atoms with Gasteiger partial charge in [0, 0.05) is 11.4 Å². The summed E-state index contributed by atoms with van der Waals surface area (Å²) in [5.74, 6) is 1.79. The molecule has 2 saturated carbocycles. The Bertz CT molecular complexity index is 620. The number of amides is 2. The molecule has 6 heteroatoms. The molecule has 1 aromatic rings. The average molecular weight is 337 g/mol. The van der Waals surface area contributed by atoms with Crippen LogP contribution < -0.4 is 15.6 Å². The van der Waals surface area contributed by atoms with Gasteiger partial charge in [0.15, 0.2) is 0 Å². The fourth-order valence-electron chi connectivity index (χ4n) is 3.97. The highest BCUT2D eigenvalue weighted by molar-refractivity contribution is 6.31. The van der Waals surface area contributed by atoms with Crippen molar-refractivity contribution < 1.29 is 14.3 Å². The van der Waals surface area contributed by atoms with Crippen molar-refractivity contribution in [2.45, 2.75) is 32.1 Å². The zero-order valence-corrected chi connectivity index (χ0v) is 13.9. The van der Waals surface area contributed by atoms with Crippen molar-refractivity contribution in [1.29, 1.82) is 0 Å². The Morgan fingerprint density at radius 1 is 1.26 bits per heavy atom. The van der Waals surface area contributed by atoms with E-state index in [0.717, 1.165) is 12.3 Å². The second-order valence-corrected chi connectivity index (χ2v) is 6.92. The van der Waals surface area contributed by atoms with Gasteiger partial charge < -0.3 is 4.74 Å². The van der Waals surface area contributed by atoms with Gasteiger partial charge in [0.25, 0.3) is 5.91 Å². The molecule has 0 aliphatic heterocycles. The molecular weight excluding hydrogens is 316 g/mol. The Labute approximate surface area is 140 Å². The van der Waals surface area contributed by atoms with Gasteiger partial charge in [-0.15, -0.1) is 0 Å². The maximum Gasteiger partial charge on any atom is 0.273 e. The standard InChI is InChI=1S/C17H21ClN2O3/c1-23-15-5-4-13(18)9-14(15)17(22)20-19-16(21)8-12-7-10-2-3-11(12)6-10/h4-5,9-12H,2-3,6-8H2,1H3,(H,19,21)(H,20,22). The number of hydrogen-bond acceptors (Lipinski definition) is 3. The molecule has 1 aromatic carbocycles. The SMILES string of the molecule is COc1ccc(Cl)cc1C(=O)NNC(=O)CC1CC2CCC1C2. The average Bonchev–Trinajstić information content (AvgIpc) is 3.15. The predicted molar refractivity (Wildman–Crippen MR) is 87.2 cm³/mol. The Balaban J connectivity index is 1.52. The highest BCUT2D eigenvalue weighted by Gasteiger charge is 2.40. The number of halogens is 1. The maximum absolute atomic E-state index is 12.2. The van der Waals surface area contributed by atoms with Crippen LogP contribution in [0.5, 0.6) is 5.75 Å². The highest BCUT2D eigenvalue weighted by Crippen LogP contribution is 2.49. The van der Waals surface area contributed by atoms with Gasteiger partial charge in [-0.3, -0.25) is 20.4 Å². The molecule has 3 unspecified atom stereocenters. The largest absolute Gasteiger partial charge is 0.496 e. The van der Waals surface area contributed by atoms with Gasteiger partial charge in [-0.05, 0) is 55.2 Å². The molecule has 2 N–H and O–H groups in total. The summed E-state index contributed by atoms with van der Waals surface area (Å²) < 4.78 is 5.14. The quantitative estimate of drug-likeness (QED) is 0.831. The minimum Gasteiger partial charge on any atom is -0.496 e. The van der Waals surface area contributed by atoms with E-state index >= 15 is 0 Å². The van der Waals surface area contributed by atoms with Crippen molar-refractivity contribution in [1.82, 2.24) is 10.9 Å². The molecule has 0 aromatic heterocycles. The molecule has 2 bridgehead atoms. The van der Waals surface area contributed by atoms with E-state index in [1.807, 2.05) is 0 Å². The van der Waals surface area contributed by atoms with E-state index in [1.165, 1.54) is 32.4 Å². The molecule has 3 rings (SSSR count). The number of ether oxygens (including phenoxy) is 1. The van der Waals surface area contributed by atoms with Gasteiger partial charge in [0.2, 0.25) is 5.91 Å². The summed E-state index contributed by atoms with van der Waals surface area (Å²) in [5, 5.41) is 0.434. The number of rotatable bonds is 4. The summed E-state index contributed by atoms with van der Waals surface area (Å²) in [4.78, 5) is 24.2. The summed E-state index contributed by atoms with van der Waals surface area (Å²) >= 11 is 5.91. The molecule has 2 aliphatic carbocycles. The Kier molecular flexibility index (Phi) is 4.76. The molecule has 0 heterocycles. The fraction of sp³-hybridized carbons (Fsp3) is 0.529. The minimum absolute atomic E-state index is 0.142. The van der Waals surface area contributed by atoms with Crippen LogP contribution in [0, 0.1) is 17.8 Å². The predicted octanol–water partition coefficient (Wildman–Crippen LogP) is 2.94. The molecule has 2 aliphatic rings. The first-order valence-electron chi connectivity index (χ1n) is 7.99. The van der Waals surface area contributed by atoms with E-state index < -0.39 is 5.91 Å². The second-order valence-electron chi connectivity index (χ2n) is 6.49. The van der Waals surface area contributed by atoms with Crippen LogP contribution in [-0.4, -0.2) is 18.9 Å². The fourth-order valence-corrected chi connectivity index (χ4v) is 4.14. The summed E-state index contributed by atoms with van der Waals surface area (Å²) in [6, 6.07) is 4.77. The highest BCUT2D eigenvalue weighted by atomic mass is 35.5. The van der Waals surface area contributed by atoms with E-state index in [0.29, 0.717) is 34.6 Å². The summed E-state index contributed by atoms with van der Waals surface area (Å²) in [7, 11) is 1.48. The smallest absolute Gasteiger partial charge is 0.273 e. The number of carbonyl (C=O) groups is 2. The molecule has 124 valence electrons. The lowest BCUT2D eigenvalue weighted by molar-refractivity contribution is -0.123. The van der Waals surface area contributed by atoms with Gasteiger partial charge in [0.1, 0.15) is 5.75 Å². The van der Waals surface area contributed by atoms with E-state index in [4.69, 9.17) is 16.3 Å². The lowest BCUT2D eigenvalue weighted by atomic mass is 9.86. The van der Waals surface area contributed by atoms with Crippen LogP contribution in [-0.2, 0) is 4.79 Å². The van der Waals surface area contributed by atoms with Crippen molar-refractivity contribution in [2.24, 2.45) is 17.8 Å². The number of hydrogen-bond donors (Lipinski definition) is 2. The third-order valence-electron chi connectivity index (χ3n) is 5.05. The lowest BCUT2D eigenvalue weighted by Crippen LogP contribution is -2.42. The number of methoxy groups -OCH3 is 1. The van der Waals surface area contributed by atoms with Gasteiger partial charge in [-0.2, -0.15) is 0 Å². The van der Waals surface area contributed by atoms with E-state index in [-0.39, 0.29) is 5.91 Å². The number of hydrazine groups is 1. The van der Waals surface area contributed by atoms with E-state index in [9.17, 15) is 9.59 Å². The minimum atomic E-state index is -0.439. The van der Waals surface area contributed by atoms with E-state index in [2.05, 4.69) is 10.9 Å². The Morgan fingerprint density at radius 2 is 2.09 bits per heavy atom. The van der Waals surface area contributed by atoms with Crippen LogP contribution in [0.1, 0.15) is 42.5 Å². The van der Waals surface area contributed by atoms with Crippen molar-refractivity contribution >= 4 is 23.4 Å². The van der Waals surface area contributed by atoms with Crippen LogP contribution >= 0.6 is 11.6 Å². The number of nitrogens with one attached hydrogen (secondary N) is 2. The van der Waals surface area contributed by atoms with Gasteiger partial charge in [-0.1, -0.05) is 18.0 Å². The molecule has 2 amide bonds. The second kappa shape index (κ2) is 6.79. The Morgan fingerprint density at radius 3 is 2.74 bits per heavy atom. The van der Waals surface area contributed by atoms with Crippen LogP contribution in [0.4, 0.5) is 0 Å². The zero-order chi connectivity index (χ0) is 16.4. The van der Waals surface area contributed by atoms with Crippen LogP contribution in [0.3, 0.4) is 0 Å². The molecule has 0 saturated heterocycles. The summed E-state index contributed by atoms with van der Waals surface area (Å²) in [5.41, 5.74) is 5.23. The third kappa shape index (κ3) is 3.61. The molecule has 0 spiro atoms. The van der Waals surface area contributed by atoms with Crippen molar-refractivity contribution in [2.75, 3.05) is 7.11 Å². The number of benzene rings is 1. The first kappa shape index (κ1) is 16.1. The lowest BCUT2D eigenvalue weighted by Gasteiger charge is -2.21. The topological polar surface area (TPSA) is 67.4 Å². The van der Waals surface area contributed by atoms with Gasteiger partial charge >= 0.3 is 0 Å².